The molecule has 2 unspecified atom stereocenters. The lowest BCUT2D eigenvalue weighted by molar-refractivity contribution is 0.378. The number of aryl methyl sites for hydroxylation is 1. The second-order valence-electron chi connectivity index (χ2n) is 4.85. The van der Waals surface area contributed by atoms with Crippen LogP contribution in [0.4, 0.5) is 0 Å². The Kier molecular flexibility index (Phi) is 4.67. The maximum atomic E-state index is 6.06. The SMILES string of the molecule is CCC(NC(C)c1ccc(C)o1)c1cccc(Cl)c1. The Hall–Kier alpha value is -1.25. The average molecular weight is 278 g/mol. The number of hydrogen-bond donors (Lipinski definition) is 1. The van der Waals surface area contributed by atoms with Crippen LogP contribution < -0.4 is 5.32 Å². The maximum Gasteiger partial charge on any atom is 0.120 e. The molecule has 1 aromatic carbocycles. The molecule has 0 radical (unpaired) electrons. The van der Waals surface area contributed by atoms with Gasteiger partial charge in [-0.05, 0) is 50.1 Å². The molecule has 2 aromatic rings. The van der Waals surface area contributed by atoms with E-state index in [0.29, 0.717) is 0 Å². The third-order valence-corrected chi connectivity index (χ3v) is 3.53. The average Bonchev–Trinajstić information content (AvgIpc) is 2.82. The summed E-state index contributed by atoms with van der Waals surface area (Å²) in [6.45, 7) is 6.24. The normalized spacial score (nSPS) is 14.3. The molecule has 2 atom stereocenters. The van der Waals surface area contributed by atoms with Gasteiger partial charge in [-0.1, -0.05) is 30.7 Å². The lowest BCUT2D eigenvalue weighted by Gasteiger charge is -2.21. The van der Waals surface area contributed by atoms with E-state index in [1.54, 1.807) is 0 Å². The van der Waals surface area contributed by atoms with Gasteiger partial charge in [0.25, 0.3) is 0 Å². The summed E-state index contributed by atoms with van der Waals surface area (Å²) in [5.41, 5.74) is 1.21. The molecule has 0 aliphatic heterocycles. The Morgan fingerprint density at radius 2 is 2.05 bits per heavy atom. The highest BCUT2D eigenvalue weighted by Crippen LogP contribution is 2.25. The van der Waals surface area contributed by atoms with Gasteiger partial charge in [-0.15, -0.1) is 0 Å². The first-order valence-electron chi connectivity index (χ1n) is 6.68. The monoisotopic (exact) mass is 277 g/mol. The van der Waals surface area contributed by atoms with Crippen molar-refractivity contribution in [3.63, 3.8) is 0 Å². The molecule has 0 fully saturated rings. The summed E-state index contributed by atoms with van der Waals surface area (Å²) >= 11 is 6.06. The van der Waals surface area contributed by atoms with Gasteiger partial charge in [0.15, 0.2) is 0 Å². The summed E-state index contributed by atoms with van der Waals surface area (Å²) in [5, 5.41) is 4.36. The molecule has 102 valence electrons. The van der Waals surface area contributed by atoms with Gasteiger partial charge in [0.05, 0.1) is 6.04 Å². The number of hydrogen-bond acceptors (Lipinski definition) is 2. The Morgan fingerprint density at radius 3 is 2.63 bits per heavy atom. The van der Waals surface area contributed by atoms with Crippen LogP contribution in [0, 0.1) is 6.92 Å². The van der Waals surface area contributed by atoms with Crippen LogP contribution in [-0.4, -0.2) is 0 Å². The summed E-state index contributed by atoms with van der Waals surface area (Å²) in [7, 11) is 0. The first-order chi connectivity index (χ1) is 9.10. The minimum absolute atomic E-state index is 0.178. The number of rotatable bonds is 5. The van der Waals surface area contributed by atoms with Gasteiger partial charge in [-0.2, -0.15) is 0 Å². The van der Waals surface area contributed by atoms with Gasteiger partial charge in [0.2, 0.25) is 0 Å². The van der Waals surface area contributed by atoms with E-state index in [-0.39, 0.29) is 12.1 Å². The highest BCUT2D eigenvalue weighted by Gasteiger charge is 2.16. The zero-order valence-electron chi connectivity index (χ0n) is 11.6. The topological polar surface area (TPSA) is 25.2 Å². The van der Waals surface area contributed by atoms with Gasteiger partial charge in [-0.25, -0.2) is 0 Å². The Balaban J connectivity index is 2.11. The van der Waals surface area contributed by atoms with E-state index < -0.39 is 0 Å². The zero-order chi connectivity index (χ0) is 13.8. The van der Waals surface area contributed by atoms with Gasteiger partial charge in [-0.3, -0.25) is 0 Å². The molecule has 0 saturated heterocycles. The van der Waals surface area contributed by atoms with E-state index in [1.807, 2.05) is 37.3 Å². The van der Waals surface area contributed by atoms with Crippen molar-refractivity contribution >= 4 is 11.6 Å². The molecule has 0 aliphatic rings. The largest absolute Gasteiger partial charge is 0.465 e. The van der Waals surface area contributed by atoms with Crippen molar-refractivity contribution in [2.45, 2.75) is 39.3 Å². The molecule has 19 heavy (non-hydrogen) atoms. The molecule has 2 nitrogen and oxygen atoms in total. The van der Waals surface area contributed by atoms with Crippen molar-refractivity contribution in [2.24, 2.45) is 0 Å². The van der Waals surface area contributed by atoms with Gasteiger partial charge in [0, 0.05) is 11.1 Å². The van der Waals surface area contributed by atoms with E-state index in [9.17, 15) is 0 Å². The van der Waals surface area contributed by atoms with Crippen LogP contribution >= 0.6 is 11.6 Å². The second kappa shape index (κ2) is 6.27. The van der Waals surface area contributed by atoms with Crippen LogP contribution in [-0.2, 0) is 0 Å². The first-order valence-corrected chi connectivity index (χ1v) is 7.05. The molecule has 1 N–H and O–H groups in total. The summed E-state index contributed by atoms with van der Waals surface area (Å²) < 4.78 is 5.66. The summed E-state index contributed by atoms with van der Waals surface area (Å²) in [6, 6.07) is 12.5. The lowest BCUT2D eigenvalue weighted by Crippen LogP contribution is -2.23. The van der Waals surface area contributed by atoms with E-state index in [4.69, 9.17) is 16.0 Å². The predicted molar refractivity (Wildman–Crippen MR) is 79.5 cm³/mol. The highest BCUT2D eigenvalue weighted by atomic mass is 35.5. The third kappa shape index (κ3) is 3.62. The molecule has 1 heterocycles. The number of halogens is 1. The summed E-state index contributed by atoms with van der Waals surface area (Å²) in [4.78, 5) is 0. The molecule has 0 aliphatic carbocycles. The van der Waals surface area contributed by atoms with Crippen LogP contribution in [0.1, 0.15) is 49.4 Å². The van der Waals surface area contributed by atoms with Gasteiger partial charge in [0.1, 0.15) is 11.5 Å². The fourth-order valence-corrected chi connectivity index (χ4v) is 2.44. The Morgan fingerprint density at radius 1 is 1.26 bits per heavy atom. The van der Waals surface area contributed by atoms with Gasteiger partial charge >= 0.3 is 0 Å². The molecule has 0 amide bonds. The summed E-state index contributed by atoms with van der Waals surface area (Å²) in [6.07, 6.45) is 1.00. The molecular formula is C16H20ClNO. The molecule has 0 spiro atoms. The Bertz CT molecular complexity index is 535. The van der Waals surface area contributed by atoms with Crippen molar-refractivity contribution in [1.29, 1.82) is 0 Å². The number of nitrogens with one attached hydrogen (secondary N) is 1. The number of furan rings is 1. The fraction of sp³-hybridized carbons (Fsp3) is 0.375. The third-order valence-electron chi connectivity index (χ3n) is 3.30. The van der Waals surface area contributed by atoms with Crippen LogP contribution in [0.2, 0.25) is 5.02 Å². The Labute approximate surface area is 119 Å². The minimum Gasteiger partial charge on any atom is -0.465 e. The fourth-order valence-electron chi connectivity index (χ4n) is 2.24. The van der Waals surface area contributed by atoms with Crippen LogP contribution in [0.5, 0.6) is 0 Å². The minimum atomic E-state index is 0.178. The standard InChI is InChI=1S/C16H20ClNO/c1-4-15(13-6-5-7-14(17)10-13)18-12(3)16-9-8-11(2)19-16/h5-10,12,15,18H,4H2,1-3H3. The molecule has 3 heteroatoms. The molecule has 1 aromatic heterocycles. The van der Waals surface area contributed by atoms with Crippen LogP contribution in [0.25, 0.3) is 0 Å². The smallest absolute Gasteiger partial charge is 0.120 e. The van der Waals surface area contributed by atoms with Gasteiger partial charge < -0.3 is 9.73 Å². The van der Waals surface area contributed by atoms with Crippen LogP contribution in [0.3, 0.4) is 0 Å². The van der Waals surface area contributed by atoms with Crippen molar-refractivity contribution < 1.29 is 4.42 Å². The molecule has 2 rings (SSSR count). The predicted octanol–water partition coefficient (Wildman–Crippen LogP) is 5.04. The quantitative estimate of drug-likeness (QED) is 0.828. The van der Waals surface area contributed by atoms with E-state index in [0.717, 1.165) is 23.0 Å². The van der Waals surface area contributed by atoms with Crippen molar-refractivity contribution in [1.82, 2.24) is 5.32 Å². The molecule has 0 bridgehead atoms. The lowest BCUT2D eigenvalue weighted by atomic mass is 10.0. The maximum absolute atomic E-state index is 6.06. The van der Waals surface area contributed by atoms with Crippen molar-refractivity contribution in [2.75, 3.05) is 0 Å². The van der Waals surface area contributed by atoms with Crippen molar-refractivity contribution in [3.8, 4) is 0 Å². The molecule has 0 saturated carbocycles. The zero-order valence-corrected chi connectivity index (χ0v) is 12.4. The first kappa shape index (κ1) is 14.2. The van der Waals surface area contributed by atoms with Crippen LogP contribution in [0.15, 0.2) is 40.8 Å². The second-order valence-corrected chi connectivity index (χ2v) is 5.29. The van der Waals surface area contributed by atoms with E-state index in [1.165, 1.54) is 5.56 Å². The number of benzene rings is 1. The highest BCUT2D eigenvalue weighted by molar-refractivity contribution is 6.30. The van der Waals surface area contributed by atoms with Crippen molar-refractivity contribution in [3.05, 3.63) is 58.5 Å². The molecular weight excluding hydrogens is 258 g/mol. The van der Waals surface area contributed by atoms with E-state index >= 15 is 0 Å². The van der Waals surface area contributed by atoms with E-state index in [2.05, 4.69) is 25.2 Å². The summed E-state index contributed by atoms with van der Waals surface area (Å²) in [5.74, 6) is 1.91.